The fourth-order valence-electron chi connectivity index (χ4n) is 0.626. The summed E-state index contributed by atoms with van der Waals surface area (Å²) in [6.07, 6.45) is -30.9. The van der Waals surface area contributed by atoms with Crippen molar-refractivity contribution in [3.8, 4) is 0 Å². The number of hydrogen-bond donors (Lipinski definition) is 1. The minimum absolute atomic E-state index is 1.43. The molecule has 0 unspecified atom stereocenters. The lowest BCUT2D eigenvalue weighted by Crippen LogP contribution is -2.60. The number of carbonyl (C=O) groups is 1. The Morgan fingerprint density at radius 1 is 0.714 bits per heavy atom. The van der Waals surface area contributed by atoms with Gasteiger partial charge in [-0.1, -0.05) is 0 Å². The Morgan fingerprint density at radius 3 is 1.38 bits per heavy atom. The Morgan fingerprint density at radius 2 is 1.10 bits per heavy atom. The van der Waals surface area contributed by atoms with Gasteiger partial charge in [-0.2, -0.15) is 48.3 Å². The van der Waals surface area contributed by atoms with Crippen LogP contribution < -0.4 is 0 Å². The van der Waals surface area contributed by atoms with Crippen molar-refractivity contribution in [2.75, 3.05) is 0 Å². The molecule has 0 saturated heterocycles. The minimum Gasteiger partial charge on any atom is -0.450 e. The maximum atomic E-state index is 12.5. The molecule has 4 nitrogen and oxygen atoms in total. The van der Waals surface area contributed by atoms with Crippen LogP contribution in [0.2, 0.25) is 0 Å². The zero-order valence-corrected chi connectivity index (χ0v) is 8.83. The van der Waals surface area contributed by atoms with Crippen LogP contribution in [0.25, 0.3) is 0 Å². The number of carboxylic acid groups (broad SMARTS) is 1. The molecule has 0 amide bonds. The fourth-order valence-corrected chi connectivity index (χ4v) is 0.626. The first kappa shape index (κ1) is 19.5. The standard InChI is InChI=1S/C6HF11O4/c7-2(8,4(12,13)20-1(18)19)5(14,15)21-6(16,17)3(9,10)11/h(H,18,19). The lowest BCUT2D eigenvalue weighted by Gasteiger charge is -2.32. The smallest absolute Gasteiger partial charge is 0.450 e. The number of halogens is 11. The van der Waals surface area contributed by atoms with E-state index in [9.17, 15) is 53.1 Å². The molecule has 0 aromatic heterocycles. The molecule has 0 saturated carbocycles. The molecule has 0 aromatic rings. The molecular weight excluding hydrogens is 345 g/mol. The summed E-state index contributed by atoms with van der Waals surface area (Å²) in [5.74, 6) is -7.17. The summed E-state index contributed by atoms with van der Waals surface area (Å²) in [5, 5.41) is 7.59. The van der Waals surface area contributed by atoms with Gasteiger partial charge in [0.05, 0.1) is 0 Å². The van der Waals surface area contributed by atoms with Gasteiger partial charge in [0.2, 0.25) is 0 Å². The number of ether oxygens (including phenoxy) is 2. The molecule has 126 valence electrons. The molecule has 15 heteroatoms. The molecule has 0 heterocycles. The molecule has 0 aromatic carbocycles. The maximum absolute atomic E-state index is 12.5. The zero-order chi connectivity index (χ0) is 17.5. The summed E-state index contributed by atoms with van der Waals surface area (Å²) in [4.78, 5) is 9.58. The summed E-state index contributed by atoms with van der Waals surface area (Å²) in [6, 6.07) is 0. The van der Waals surface area contributed by atoms with Crippen LogP contribution in [0.3, 0.4) is 0 Å². The first-order valence-corrected chi connectivity index (χ1v) is 4.07. The van der Waals surface area contributed by atoms with E-state index in [-0.39, 0.29) is 0 Å². The zero-order valence-electron chi connectivity index (χ0n) is 8.83. The SMILES string of the molecule is O=C(O)OC(F)(F)C(F)(F)C(F)(F)OC(F)(F)C(F)(F)F. The van der Waals surface area contributed by atoms with Gasteiger partial charge in [0.15, 0.2) is 0 Å². The molecule has 0 aliphatic heterocycles. The van der Waals surface area contributed by atoms with Crippen LogP contribution in [-0.2, 0) is 9.47 Å². The molecule has 0 atom stereocenters. The summed E-state index contributed by atoms with van der Waals surface area (Å²) in [6.45, 7) is 0. The molecule has 0 aliphatic rings. The monoisotopic (exact) mass is 346 g/mol. The molecule has 0 rings (SSSR count). The first-order chi connectivity index (χ1) is 8.87. The van der Waals surface area contributed by atoms with Crippen LogP contribution in [-0.4, -0.2) is 41.7 Å². The molecular formula is C6HF11O4. The van der Waals surface area contributed by atoms with Crippen molar-refractivity contribution in [1.82, 2.24) is 0 Å². The Kier molecular flexibility index (Phi) is 4.66. The molecule has 0 fully saturated rings. The molecule has 1 N–H and O–H groups in total. The van der Waals surface area contributed by atoms with Crippen LogP contribution in [0.5, 0.6) is 0 Å². The van der Waals surface area contributed by atoms with Crippen LogP contribution in [0.1, 0.15) is 0 Å². The average molecular weight is 346 g/mol. The van der Waals surface area contributed by atoms with E-state index in [0.29, 0.717) is 0 Å². The Balaban J connectivity index is 5.53. The average Bonchev–Trinajstić information content (AvgIpc) is 2.10. The van der Waals surface area contributed by atoms with Crippen LogP contribution in [0.15, 0.2) is 0 Å². The van der Waals surface area contributed by atoms with Gasteiger partial charge in [-0.05, 0) is 0 Å². The van der Waals surface area contributed by atoms with Crippen molar-refractivity contribution in [2.45, 2.75) is 30.4 Å². The van der Waals surface area contributed by atoms with Crippen LogP contribution in [0.4, 0.5) is 53.1 Å². The van der Waals surface area contributed by atoms with Gasteiger partial charge in [0, 0.05) is 0 Å². The van der Waals surface area contributed by atoms with Crippen molar-refractivity contribution >= 4 is 6.16 Å². The summed E-state index contributed by atoms with van der Waals surface area (Å²) in [5.41, 5.74) is 0. The molecule has 0 radical (unpaired) electrons. The van der Waals surface area contributed by atoms with Gasteiger partial charge >= 0.3 is 36.6 Å². The summed E-state index contributed by atoms with van der Waals surface area (Å²) < 4.78 is 137. The highest BCUT2D eigenvalue weighted by molar-refractivity contribution is 5.57. The minimum atomic E-state index is -7.17. The number of rotatable bonds is 5. The van der Waals surface area contributed by atoms with Crippen molar-refractivity contribution < 1.29 is 67.7 Å². The highest BCUT2D eigenvalue weighted by Crippen LogP contribution is 2.51. The van der Waals surface area contributed by atoms with E-state index >= 15 is 0 Å². The highest BCUT2D eigenvalue weighted by atomic mass is 19.4. The third kappa shape index (κ3) is 3.76. The van der Waals surface area contributed by atoms with Crippen LogP contribution >= 0.6 is 0 Å². The van der Waals surface area contributed by atoms with Crippen molar-refractivity contribution in [1.29, 1.82) is 0 Å². The normalized spacial score (nSPS) is 15.0. The molecule has 0 aliphatic carbocycles. The van der Waals surface area contributed by atoms with E-state index in [1.165, 1.54) is 4.74 Å². The maximum Gasteiger partial charge on any atom is 0.510 e. The third-order valence-corrected chi connectivity index (χ3v) is 1.53. The van der Waals surface area contributed by atoms with Gasteiger partial charge in [0.1, 0.15) is 0 Å². The predicted octanol–water partition coefficient (Wildman–Crippen LogP) is 3.67. The second kappa shape index (κ2) is 5.03. The second-order valence-electron chi connectivity index (χ2n) is 3.09. The molecule has 0 bridgehead atoms. The Hall–Kier alpha value is -1.54. The number of alkyl halides is 11. The second-order valence-corrected chi connectivity index (χ2v) is 3.09. The van der Waals surface area contributed by atoms with Gasteiger partial charge in [-0.25, -0.2) is 9.53 Å². The quantitative estimate of drug-likeness (QED) is 0.610. The topological polar surface area (TPSA) is 55.8 Å². The predicted molar refractivity (Wildman–Crippen MR) is 36.0 cm³/mol. The van der Waals surface area contributed by atoms with Crippen molar-refractivity contribution in [3.05, 3.63) is 0 Å². The van der Waals surface area contributed by atoms with Gasteiger partial charge in [0.25, 0.3) is 0 Å². The molecule has 0 spiro atoms. The van der Waals surface area contributed by atoms with E-state index < -0.39 is 36.6 Å². The van der Waals surface area contributed by atoms with Crippen molar-refractivity contribution in [2.24, 2.45) is 0 Å². The van der Waals surface area contributed by atoms with E-state index in [4.69, 9.17) is 5.11 Å². The summed E-state index contributed by atoms with van der Waals surface area (Å²) in [7, 11) is 0. The Bertz CT molecular complexity index is 400. The van der Waals surface area contributed by atoms with E-state index in [1.54, 1.807) is 0 Å². The summed E-state index contributed by atoms with van der Waals surface area (Å²) >= 11 is 0. The highest BCUT2D eigenvalue weighted by Gasteiger charge is 2.80. The van der Waals surface area contributed by atoms with Gasteiger partial charge in [-0.3, -0.25) is 0 Å². The fraction of sp³-hybridized carbons (Fsp3) is 0.833. The largest absolute Gasteiger partial charge is 0.510 e. The lowest BCUT2D eigenvalue weighted by molar-refractivity contribution is -0.514. The number of hydrogen-bond acceptors (Lipinski definition) is 3. The van der Waals surface area contributed by atoms with E-state index in [0.717, 1.165) is 0 Å². The van der Waals surface area contributed by atoms with Gasteiger partial charge < -0.3 is 9.84 Å². The first-order valence-electron chi connectivity index (χ1n) is 4.07. The lowest BCUT2D eigenvalue weighted by atomic mass is 10.3. The van der Waals surface area contributed by atoms with E-state index in [2.05, 4.69) is 0 Å². The third-order valence-electron chi connectivity index (χ3n) is 1.53. The van der Waals surface area contributed by atoms with E-state index in [1.807, 2.05) is 4.74 Å². The molecule has 21 heavy (non-hydrogen) atoms. The van der Waals surface area contributed by atoms with Gasteiger partial charge in [-0.15, -0.1) is 0 Å². The van der Waals surface area contributed by atoms with Crippen molar-refractivity contribution in [3.63, 3.8) is 0 Å². The Labute approximate surface area is 106 Å². The van der Waals surface area contributed by atoms with Crippen LogP contribution in [0, 0.1) is 0 Å².